The fourth-order valence-electron chi connectivity index (χ4n) is 4.01. The summed E-state index contributed by atoms with van der Waals surface area (Å²) in [6.45, 7) is 0.653. The van der Waals surface area contributed by atoms with Crippen molar-refractivity contribution in [1.82, 2.24) is 9.97 Å². The van der Waals surface area contributed by atoms with Gasteiger partial charge in [-0.25, -0.2) is 14.4 Å². The number of nitrogens with two attached hydrogens (primary N) is 1. The van der Waals surface area contributed by atoms with Crippen LogP contribution in [-0.2, 0) is 6.18 Å². The molecule has 1 saturated heterocycles. The normalized spacial score (nSPS) is 15.8. The highest BCUT2D eigenvalue weighted by atomic mass is 19.4. The van der Waals surface area contributed by atoms with E-state index in [0.29, 0.717) is 30.8 Å². The van der Waals surface area contributed by atoms with E-state index < -0.39 is 23.1 Å². The van der Waals surface area contributed by atoms with Gasteiger partial charge in [-0.1, -0.05) is 0 Å². The third kappa shape index (κ3) is 5.09. The molecule has 0 bridgehead atoms. The molecule has 0 saturated carbocycles. The minimum atomic E-state index is -4.78. The van der Waals surface area contributed by atoms with Crippen LogP contribution in [-0.4, -0.2) is 29.1 Å². The van der Waals surface area contributed by atoms with Gasteiger partial charge in [-0.2, -0.15) is 23.7 Å². The van der Waals surface area contributed by atoms with Gasteiger partial charge in [-0.05, 0) is 55.3 Å². The van der Waals surface area contributed by atoms with Crippen molar-refractivity contribution < 1.29 is 17.6 Å². The summed E-state index contributed by atoms with van der Waals surface area (Å²) in [4.78, 5) is 10.2. The predicted molar refractivity (Wildman–Crippen MR) is 122 cm³/mol. The second-order valence-corrected chi connectivity index (χ2v) is 8.04. The van der Waals surface area contributed by atoms with Gasteiger partial charge in [0.2, 0.25) is 0 Å². The van der Waals surface area contributed by atoms with Crippen molar-refractivity contribution in [3.8, 4) is 23.4 Å². The molecule has 3 N–H and O–H groups in total. The van der Waals surface area contributed by atoms with Crippen molar-refractivity contribution in [2.75, 3.05) is 29.0 Å². The van der Waals surface area contributed by atoms with Gasteiger partial charge in [0.15, 0.2) is 0 Å². The molecule has 11 heteroatoms. The number of aromatic nitrogens is 2. The molecule has 0 spiro atoms. The van der Waals surface area contributed by atoms with Gasteiger partial charge in [0.1, 0.15) is 41.0 Å². The van der Waals surface area contributed by atoms with E-state index in [9.17, 15) is 22.8 Å². The number of nitriles is 2. The summed E-state index contributed by atoms with van der Waals surface area (Å²) in [5.41, 5.74) is 4.63. The minimum absolute atomic E-state index is 0.0112. The summed E-state index contributed by atoms with van der Waals surface area (Å²) in [5.74, 6) is -0.112. The Morgan fingerprint density at radius 2 is 1.80 bits per heavy atom. The molecular formula is C24H19F4N7. The first-order valence-electron chi connectivity index (χ1n) is 10.7. The number of hydrogen-bond acceptors (Lipinski definition) is 7. The zero-order chi connectivity index (χ0) is 25.2. The smallest absolute Gasteiger partial charge is 0.383 e. The van der Waals surface area contributed by atoms with Gasteiger partial charge in [0.25, 0.3) is 0 Å². The van der Waals surface area contributed by atoms with Crippen LogP contribution in [0.25, 0.3) is 11.3 Å². The lowest BCUT2D eigenvalue weighted by atomic mass is 10.0. The Hall–Kier alpha value is -4.38. The van der Waals surface area contributed by atoms with E-state index in [1.165, 1.54) is 18.2 Å². The molecule has 4 rings (SSSR count). The molecule has 178 valence electrons. The van der Waals surface area contributed by atoms with Gasteiger partial charge < -0.3 is 16.0 Å². The third-order valence-electron chi connectivity index (χ3n) is 5.68. The van der Waals surface area contributed by atoms with E-state index in [1.807, 2.05) is 6.07 Å². The standard InChI is InChI=1S/C24H19F4N7/c25-16-6-3-14(4-7-16)20-10-19(24(26,27)28)18(12-30)23(33-20)35-9-1-2-17(13-35)32-21-8-5-15(11-29)22(31)34-21/h3-8,10,17H,1-2,9,13H2,(H3,31,32,34). The van der Waals surface area contributed by atoms with E-state index in [0.717, 1.165) is 18.2 Å². The van der Waals surface area contributed by atoms with Crippen molar-refractivity contribution in [2.45, 2.75) is 25.1 Å². The van der Waals surface area contributed by atoms with Crippen molar-refractivity contribution in [3.63, 3.8) is 0 Å². The van der Waals surface area contributed by atoms with Crippen LogP contribution in [0.5, 0.6) is 0 Å². The average molecular weight is 481 g/mol. The summed E-state index contributed by atoms with van der Waals surface area (Å²) >= 11 is 0. The maximum Gasteiger partial charge on any atom is 0.417 e. The van der Waals surface area contributed by atoms with Gasteiger partial charge in [-0.3, -0.25) is 0 Å². The van der Waals surface area contributed by atoms with Gasteiger partial charge >= 0.3 is 6.18 Å². The van der Waals surface area contributed by atoms with Crippen molar-refractivity contribution in [2.24, 2.45) is 0 Å². The van der Waals surface area contributed by atoms with Crippen molar-refractivity contribution in [3.05, 3.63) is 65.0 Å². The highest BCUT2D eigenvalue weighted by Gasteiger charge is 2.37. The summed E-state index contributed by atoms with van der Waals surface area (Å²) in [6.07, 6.45) is -3.46. The molecule has 1 aromatic carbocycles. The van der Waals surface area contributed by atoms with Crippen LogP contribution in [0.1, 0.15) is 29.5 Å². The second-order valence-electron chi connectivity index (χ2n) is 8.04. The lowest BCUT2D eigenvalue weighted by Gasteiger charge is -2.35. The highest BCUT2D eigenvalue weighted by molar-refractivity contribution is 5.69. The van der Waals surface area contributed by atoms with Gasteiger partial charge in [0, 0.05) is 24.7 Å². The maximum absolute atomic E-state index is 13.9. The molecule has 35 heavy (non-hydrogen) atoms. The summed E-state index contributed by atoms with van der Waals surface area (Å²) in [7, 11) is 0. The third-order valence-corrected chi connectivity index (χ3v) is 5.68. The SMILES string of the molecule is N#Cc1ccc(NC2CCCN(c3nc(-c4ccc(F)cc4)cc(C(F)(F)F)c3C#N)C2)nc1N. The molecule has 7 nitrogen and oxygen atoms in total. The predicted octanol–water partition coefficient (Wildman–Crippen LogP) is 4.71. The van der Waals surface area contributed by atoms with Crippen LogP contribution in [0.15, 0.2) is 42.5 Å². The minimum Gasteiger partial charge on any atom is -0.383 e. The molecular weight excluding hydrogens is 462 g/mol. The lowest BCUT2D eigenvalue weighted by Crippen LogP contribution is -2.43. The molecule has 1 fully saturated rings. The second kappa shape index (κ2) is 9.47. The van der Waals surface area contributed by atoms with Gasteiger partial charge in [0.05, 0.1) is 16.8 Å². The van der Waals surface area contributed by atoms with E-state index in [1.54, 1.807) is 17.0 Å². The van der Waals surface area contributed by atoms with Crippen LogP contribution < -0.4 is 16.0 Å². The number of alkyl halides is 3. The average Bonchev–Trinajstić information content (AvgIpc) is 2.83. The number of benzene rings is 1. The number of hydrogen-bond donors (Lipinski definition) is 2. The Morgan fingerprint density at radius 3 is 2.43 bits per heavy atom. The number of anilines is 3. The number of nitrogens with zero attached hydrogens (tertiary/aromatic N) is 5. The van der Waals surface area contributed by atoms with E-state index in [2.05, 4.69) is 15.3 Å². The molecule has 3 heterocycles. The molecule has 1 aliphatic heterocycles. The number of nitrogens with one attached hydrogen (secondary N) is 1. The first-order chi connectivity index (χ1) is 16.7. The maximum atomic E-state index is 13.9. The van der Waals surface area contributed by atoms with Crippen LogP contribution in [0.4, 0.5) is 35.0 Å². The Morgan fingerprint density at radius 1 is 1.06 bits per heavy atom. The molecule has 0 aliphatic carbocycles. The molecule has 1 atom stereocenters. The fourth-order valence-corrected chi connectivity index (χ4v) is 4.01. The monoisotopic (exact) mass is 481 g/mol. The van der Waals surface area contributed by atoms with Crippen LogP contribution in [0.3, 0.4) is 0 Å². The van der Waals surface area contributed by atoms with Crippen LogP contribution in [0, 0.1) is 28.5 Å². The first kappa shape index (κ1) is 23.8. The molecule has 1 aliphatic rings. The molecule has 3 aromatic rings. The molecule has 0 amide bonds. The number of piperidine rings is 1. The Bertz CT molecular complexity index is 1320. The highest BCUT2D eigenvalue weighted by Crippen LogP contribution is 2.38. The summed E-state index contributed by atoms with van der Waals surface area (Å²) in [5, 5.41) is 21.8. The van der Waals surface area contributed by atoms with Crippen LogP contribution in [0.2, 0.25) is 0 Å². The first-order valence-corrected chi connectivity index (χ1v) is 10.7. The molecule has 0 radical (unpaired) electrons. The zero-order valence-electron chi connectivity index (χ0n) is 18.3. The fraction of sp³-hybridized carbons (Fsp3) is 0.250. The van der Waals surface area contributed by atoms with Crippen LogP contribution >= 0.6 is 0 Å². The van der Waals surface area contributed by atoms with Crippen molar-refractivity contribution >= 4 is 17.5 Å². The largest absolute Gasteiger partial charge is 0.417 e. The Labute approximate surface area is 198 Å². The van der Waals surface area contributed by atoms with Crippen molar-refractivity contribution in [1.29, 1.82) is 10.5 Å². The Kier molecular flexibility index (Phi) is 6.43. The summed E-state index contributed by atoms with van der Waals surface area (Å²) < 4.78 is 55.0. The lowest BCUT2D eigenvalue weighted by molar-refractivity contribution is -0.137. The van der Waals surface area contributed by atoms with E-state index in [-0.39, 0.29) is 35.5 Å². The number of halogens is 4. The number of rotatable bonds is 4. The Balaban J connectivity index is 1.70. The summed E-state index contributed by atoms with van der Waals surface area (Å²) in [6, 6.07) is 12.3. The van der Waals surface area contributed by atoms with E-state index in [4.69, 9.17) is 11.0 Å². The number of pyridine rings is 2. The number of nitrogen functional groups attached to an aromatic ring is 1. The van der Waals surface area contributed by atoms with Gasteiger partial charge in [-0.15, -0.1) is 0 Å². The molecule has 1 unspecified atom stereocenters. The van der Waals surface area contributed by atoms with E-state index >= 15 is 0 Å². The zero-order valence-corrected chi connectivity index (χ0v) is 18.3. The molecule has 2 aromatic heterocycles. The quantitative estimate of drug-likeness (QED) is 0.519. The topological polar surface area (TPSA) is 115 Å².